The fraction of sp³-hybridized carbons (Fsp3) is 0.400. The summed E-state index contributed by atoms with van der Waals surface area (Å²) in [4.78, 5) is 38.7. The summed E-state index contributed by atoms with van der Waals surface area (Å²) in [6, 6.07) is 6.18. The van der Waals surface area contributed by atoms with Gasteiger partial charge < -0.3 is 29.9 Å². The standard InChI is InChI=1S/C25H24O9.ClH/c1-10(26)11-6-14-19(17(7-11)34-18-8-15(27)16(28)9-33-18)25(32)21-20(24(14)31)22(29)12-4-2-3-5-13(12)23(21)30;/h2-5,11,15-18,27-28,31-32H,6-9H2,1H3;1H/t11-,15-,16+,17-,18-;/m0./s1. The molecule has 0 saturated carbocycles. The number of carbonyl (C=O) groups is 3. The number of rotatable bonds is 3. The number of ketones is 3. The number of aliphatic hydroxyl groups excluding tert-OH is 2. The molecule has 35 heavy (non-hydrogen) atoms. The molecule has 2 aromatic carbocycles. The summed E-state index contributed by atoms with van der Waals surface area (Å²) in [6.07, 6.45) is -3.87. The van der Waals surface area contributed by atoms with Gasteiger partial charge >= 0.3 is 0 Å². The molecular formula is C25H25ClO9. The van der Waals surface area contributed by atoms with Crippen LogP contribution in [-0.4, -0.2) is 62.9 Å². The van der Waals surface area contributed by atoms with E-state index in [-0.39, 0.29) is 77.4 Å². The number of fused-ring (bicyclic) bond motifs is 3. The van der Waals surface area contributed by atoms with Gasteiger partial charge in [0.25, 0.3) is 0 Å². The van der Waals surface area contributed by atoms with Crippen molar-refractivity contribution in [1.29, 1.82) is 0 Å². The van der Waals surface area contributed by atoms with E-state index >= 15 is 0 Å². The highest BCUT2D eigenvalue weighted by atomic mass is 35.5. The van der Waals surface area contributed by atoms with Gasteiger partial charge in [0, 0.05) is 34.6 Å². The molecule has 9 nitrogen and oxygen atoms in total. The number of aliphatic hydroxyl groups is 2. The van der Waals surface area contributed by atoms with Gasteiger partial charge in [-0.05, 0) is 19.8 Å². The van der Waals surface area contributed by atoms with Crippen LogP contribution < -0.4 is 0 Å². The third-order valence-corrected chi connectivity index (χ3v) is 6.95. The SMILES string of the molecule is CC(=O)[C@H]1Cc2c(O)c3c(c(O)c2[C@@H](O[C@H]2C[C@H](O)[C@H](O)CO2)C1)C(=O)c1ccccc1C3=O.Cl. The highest BCUT2D eigenvalue weighted by Crippen LogP contribution is 2.51. The lowest BCUT2D eigenvalue weighted by atomic mass is 9.74. The van der Waals surface area contributed by atoms with E-state index in [0.717, 1.165) is 0 Å². The molecule has 0 aromatic heterocycles. The Labute approximate surface area is 206 Å². The fourth-order valence-corrected chi connectivity index (χ4v) is 5.09. The zero-order chi connectivity index (χ0) is 24.3. The van der Waals surface area contributed by atoms with Crippen LogP contribution in [0.4, 0.5) is 0 Å². The molecule has 0 bridgehead atoms. The number of hydrogen-bond acceptors (Lipinski definition) is 9. The maximum Gasteiger partial charge on any atom is 0.198 e. The first kappa shape index (κ1) is 25.3. The molecule has 1 heterocycles. The maximum atomic E-state index is 13.3. The molecule has 3 aliphatic rings. The molecule has 10 heteroatoms. The van der Waals surface area contributed by atoms with E-state index in [9.17, 15) is 34.8 Å². The van der Waals surface area contributed by atoms with Gasteiger partial charge in [0.15, 0.2) is 17.9 Å². The van der Waals surface area contributed by atoms with E-state index in [1.54, 1.807) is 12.1 Å². The zero-order valence-corrected chi connectivity index (χ0v) is 19.6. The van der Waals surface area contributed by atoms with Crippen molar-refractivity contribution in [1.82, 2.24) is 0 Å². The van der Waals surface area contributed by atoms with E-state index < -0.39 is 53.6 Å². The second-order valence-corrected chi connectivity index (χ2v) is 9.05. The summed E-state index contributed by atoms with van der Waals surface area (Å²) >= 11 is 0. The second kappa shape index (κ2) is 9.33. The Morgan fingerprint density at radius 3 is 2.14 bits per heavy atom. The Morgan fingerprint density at radius 2 is 1.57 bits per heavy atom. The van der Waals surface area contributed by atoms with Crippen molar-refractivity contribution in [2.75, 3.05) is 6.61 Å². The topological polar surface area (TPSA) is 151 Å². The number of Topliss-reactive ketones (excluding diaryl/α,β-unsaturated/α-hetero) is 1. The third kappa shape index (κ3) is 4.03. The van der Waals surface area contributed by atoms with E-state index in [2.05, 4.69) is 0 Å². The first-order valence-electron chi connectivity index (χ1n) is 11.1. The highest BCUT2D eigenvalue weighted by molar-refractivity contribution is 6.30. The van der Waals surface area contributed by atoms with Crippen LogP contribution in [0.5, 0.6) is 11.5 Å². The summed E-state index contributed by atoms with van der Waals surface area (Å²) in [7, 11) is 0. The van der Waals surface area contributed by atoms with Gasteiger partial charge in [0.2, 0.25) is 0 Å². The van der Waals surface area contributed by atoms with Gasteiger partial charge in [-0.2, -0.15) is 0 Å². The van der Waals surface area contributed by atoms with Gasteiger partial charge in [-0.3, -0.25) is 14.4 Å². The number of halogens is 1. The number of ether oxygens (including phenoxy) is 2. The number of phenols is 2. The van der Waals surface area contributed by atoms with Crippen molar-refractivity contribution in [3.05, 3.63) is 57.6 Å². The van der Waals surface area contributed by atoms with Crippen LogP contribution >= 0.6 is 12.4 Å². The minimum atomic E-state index is -1.08. The van der Waals surface area contributed by atoms with E-state index in [4.69, 9.17) is 9.47 Å². The van der Waals surface area contributed by atoms with Crippen molar-refractivity contribution in [2.24, 2.45) is 5.92 Å². The summed E-state index contributed by atoms with van der Waals surface area (Å²) < 4.78 is 11.5. The van der Waals surface area contributed by atoms with Crippen LogP contribution in [0.15, 0.2) is 24.3 Å². The molecule has 0 spiro atoms. The Balaban J connectivity index is 0.00000289. The molecule has 0 radical (unpaired) electrons. The smallest absolute Gasteiger partial charge is 0.198 e. The van der Waals surface area contributed by atoms with Crippen LogP contribution in [0.2, 0.25) is 0 Å². The van der Waals surface area contributed by atoms with Crippen molar-refractivity contribution in [3.8, 4) is 11.5 Å². The van der Waals surface area contributed by atoms with Crippen LogP contribution in [-0.2, 0) is 20.7 Å². The summed E-state index contributed by atoms with van der Waals surface area (Å²) in [5, 5.41) is 42.1. The Bertz CT molecular complexity index is 1220. The molecule has 2 aromatic rings. The number of phenolic OH excluding ortho intramolecular Hbond substituents is 2. The quantitative estimate of drug-likeness (QED) is 0.392. The molecule has 4 N–H and O–H groups in total. The Hall–Kier alpha value is -2.82. The number of hydrogen-bond donors (Lipinski definition) is 4. The summed E-state index contributed by atoms with van der Waals surface area (Å²) in [5.74, 6) is -2.84. The number of benzene rings is 2. The molecule has 1 fully saturated rings. The number of carbonyl (C=O) groups excluding carboxylic acids is 3. The lowest BCUT2D eigenvalue weighted by molar-refractivity contribution is -0.237. The lowest BCUT2D eigenvalue weighted by Gasteiger charge is -2.37. The van der Waals surface area contributed by atoms with Gasteiger partial charge in [-0.1, -0.05) is 24.3 Å². The molecular weight excluding hydrogens is 480 g/mol. The van der Waals surface area contributed by atoms with E-state index in [1.165, 1.54) is 19.1 Å². The minimum absolute atomic E-state index is 0. The maximum absolute atomic E-state index is 13.3. The summed E-state index contributed by atoms with van der Waals surface area (Å²) in [6.45, 7) is 1.25. The van der Waals surface area contributed by atoms with Gasteiger partial charge in [-0.15, -0.1) is 12.4 Å². The molecule has 186 valence electrons. The van der Waals surface area contributed by atoms with Crippen LogP contribution in [0, 0.1) is 5.92 Å². The van der Waals surface area contributed by atoms with Gasteiger partial charge in [0.1, 0.15) is 23.4 Å². The molecule has 1 aliphatic heterocycles. The van der Waals surface area contributed by atoms with Crippen LogP contribution in [0.1, 0.15) is 68.8 Å². The van der Waals surface area contributed by atoms with Gasteiger partial charge in [-0.25, -0.2) is 0 Å². The molecule has 5 rings (SSSR count). The average molecular weight is 505 g/mol. The van der Waals surface area contributed by atoms with Gasteiger partial charge in [0.05, 0.1) is 29.9 Å². The molecule has 5 atom stereocenters. The largest absolute Gasteiger partial charge is 0.507 e. The molecule has 2 aliphatic carbocycles. The summed E-state index contributed by atoms with van der Waals surface area (Å²) in [5.41, 5.74) is -0.0323. The second-order valence-electron chi connectivity index (χ2n) is 9.05. The van der Waals surface area contributed by atoms with Crippen LogP contribution in [0.25, 0.3) is 0 Å². The predicted molar refractivity (Wildman–Crippen MR) is 123 cm³/mol. The van der Waals surface area contributed by atoms with Crippen molar-refractivity contribution < 1.29 is 44.3 Å². The average Bonchev–Trinajstić information content (AvgIpc) is 2.81. The number of aromatic hydroxyl groups is 2. The minimum Gasteiger partial charge on any atom is -0.507 e. The van der Waals surface area contributed by atoms with Crippen LogP contribution in [0.3, 0.4) is 0 Å². The third-order valence-electron chi connectivity index (χ3n) is 6.95. The Morgan fingerprint density at radius 1 is 0.971 bits per heavy atom. The highest BCUT2D eigenvalue weighted by Gasteiger charge is 2.43. The van der Waals surface area contributed by atoms with Crippen molar-refractivity contribution in [3.63, 3.8) is 0 Å². The lowest BCUT2D eigenvalue weighted by Crippen LogP contribution is -2.43. The normalized spacial score (nSPS) is 27.3. The zero-order valence-electron chi connectivity index (χ0n) is 18.8. The fourth-order valence-electron chi connectivity index (χ4n) is 5.09. The molecule has 0 unspecified atom stereocenters. The first-order chi connectivity index (χ1) is 16.2. The molecule has 0 amide bonds. The van der Waals surface area contributed by atoms with Crippen molar-refractivity contribution >= 4 is 29.8 Å². The first-order valence-corrected chi connectivity index (χ1v) is 11.1. The Kier molecular flexibility index (Phi) is 6.74. The monoisotopic (exact) mass is 504 g/mol. The molecule has 1 saturated heterocycles. The van der Waals surface area contributed by atoms with E-state index in [0.29, 0.717) is 0 Å². The van der Waals surface area contributed by atoms with Crippen molar-refractivity contribution in [2.45, 2.75) is 50.8 Å². The predicted octanol–water partition coefficient (Wildman–Crippen LogP) is 1.97. The van der Waals surface area contributed by atoms with E-state index in [1.807, 2.05) is 0 Å².